The summed E-state index contributed by atoms with van der Waals surface area (Å²) in [4.78, 5) is 14.1. The molecule has 0 radical (unpaired) electrons. The summed E-state index contributed by atoms with van der Waals surface area (Å²) in [5.41, 5.74) is 0.187. The molecule has 1 fully saturated rings. The Labute approximate surface area is 111 Å². The van der Waals surface area contributed by atoms with Crippen molar-refractivity contribution in [1.82, 2.24) is 15.5 Å². The molecular formula is C14H29N3O. The van der Waals surface area contributed by atoms with Crippen LogP contribution in [-0.4, -0.2) is 49.6 Å². The van der Waals surface area contributed by atoms with Crippen molar-refractivity contribution in [3.63, 3.8) is 0 Å². The van der Waals surface area contributed by atoms with E-state index in [0.29, 0.717) is 12.6 Å². The minimum atomic E-state index is 0.114. The van der Waals surface area contributed by atoms with Crippen molar-refractivity contribution < 1.29 is 4.79 Å². The second-order valence-electron chi connectivity index (χ2n) is 5.79. The quantitative estimate of drug-likeness (QED) is 0.722. The monoisotopic (exact) mass is 255 g/mol. The van der Waals surface area contributed by atoms with Crippen LogP contribution >= 0.6 is 0 Å². The van der Waals surface area contributed by atoms with Crippen LogP contribution in [0.1, 0.15) is 46.0 Å². The van der Waals surface area contributed by atoms with Gasteiger partial charge in [-0.25, -0.2) is 0 Å². The fourth-order valence-electron chi connectivity index (χ4n) is 2.55. The largest absolute Gasteiger partial charge is 0.353 e. The summed E-state index contributed by atoms with van der Waals surface area (Å²) in [5.74, 6) is 0.114. The molecule has 1 aliphatic rings. The molecule has 1 amide bonds. The Morgan fingerprint density at radius 3 is 2.44 bits per heavy atom. The zero-order valence-corrected chi connectivity index (χ0v) is 12.4. The molecule has 0 spiro atoms. The van der Waals surface area contributed by atoms with Gasteiger partial charge >= 0.3 is 0 Å². The summed E-state index contributed by atoms with van der Waals surface area (Å²) in [6.45, 7) is 5.43. The van der Waals surface area contributed by atoms with Crippen LogP contribution in [0.15, 0.2) is 0 Å². The maximum absolute atomic E-state index is 11.8. The van der Waals surface area contributed by atoms with Gasteiger partial charge in [0.25, 0.3) is 0 Å². The minimum absolute atomic E-state index is 0.114. The summed E-state index contributed by atoms with van der Waals surface area (Å²) in [6, 6.07) is 0.407. The van der Waals surface area contributed by atoms with Crippen LogP contribution in [0.25, 0.3) is 0 Å². The molecule has 1 saturated carbocycles. The lowest BCUT2D eigenvalue weighted by molar-refractivity contribution is -0.120. The number of carbonyl (C=O) groups is 1. The van der Waals surface area contributed by atoms with Gasteiger partial charge in [-0.3, -0.25) is 4.79 Å². The van der Waals surface area contributed by atoms with E-state index in [-0.39, 0.29) is 11.4 Å². The van der Waals surface area contributed by atoms with Gasteiger partial charge in [-0.05, 0) is 40.3 Å². The van der Waals surface area contributed by atoms with E-state index >= 15 is 0 Å². The van der Waals surface area contributed by atoms with E-state index in [1.807, 2.05) is 0 Å². The molecule has 4 nitrogen and oxygen atoms in total. The third kappa shape index (κ3) is 4.25. The van der Waals surface area contributed by atoms with Crippen molar-refractivity contribution >= 4 is 5.91 Å². The van der Waals surface area contributed by atoms with Crippen molar-refractivity contribution in [3.05, 3.63) is 0 Å². The van der Waals surface area contributed by atoms with Gasteiger partial charge in [0.2, 0.25) is 5.91 Å². The lowest BCUT2D eigenvalue weighted by atomic mass is 9.96. The molecular weight excluding hydrogens is 226 g/mol. The highest BCUT2D eigenvalue weighted by Crippen LogP contribution is 2.32. The highest BCUT2D eigenvalue weighted by Gasteiger charge is 2.35. The Hall–Kier alpha value is -0.610. The Kier molecular flexibility index (Phi) is 6.09. The van der Waals surface area contributed by atoms with Crippen molar-refractivity contribution in [2.45, 2.75) is 57.5 Å². The molecule has 4 heteroatoms. The smallest absolute Gasteiger partial charge is 0.234 e. The number of nitrogens with one attached hydrogen (secondary N) is 2. The van der Waals surface area contributed by atoms with Gasteiger partial charge < -0.3 is 15.5 Å². The number of amides is 1. The van der Waals surface area contributed by atoms with Crippen molar-refractivity contribution in [2.75, 3.05) is 27.2 Å². The first-order valence-corrected chi connectivity index (χ1v) is 7.17. The van der Waals surface area contributed by atoms with Crippen molar-refractivity contribution in [3.8, 4) is 0 Å². The number of likely N-dealkylation sites (N-methyl/N-ethyl adjacent to an activating group) is 1. The van der Waals surface area contributed by atoms with Crippen molar-refractivity contribution in [2.24, 2.45) is 0 Å². The van der Waals surface area contributed by atoms with Crippen LogP contribution in [0.3, 0.4) is 0 Å². The molecule has 2 N–H and O–H groups in total. The van der Waals surface area contributed by atoms with Gasteiger partial charge in [-0.2, -0.15) is 0 Å². The van der Waals surface area contributed by atoms with Crippen molar-refractivity contribution in [1.29, 1.82) is 0 Å². The number of carbonyl (C=O) groups excluding carboxylic acids is 1. The zero-order valence-electron chi connectivity index (χ0n) is 12.4. The molecule has 0 aliphatic heterocycles. The van der Waals surface area contributed by atoms with E-state index in [9.17, 15) is 4.79 Å². The zero-order chi connectivity index (χ0) is 13.6. The first-order chi connectivity index (χ1) is 8.50. The molecule has 0 bridgehead atoms. The second-order valence-corrected chi connectivity index (χ2v) is 5.79. The lowest BCUT2D eigenvalue weighted by Crippen LogP contribution is -2.52. The number of rotatable bonds is 7. The molecule has 0 aromatic carbocycles. The van der Waals surface area contributed by atoms with E-state index in [2.05, 4.69) is 43.5 Å². The Morgan fingerprint density at radius 2 is 1.94 bits per heavy atom. The average molecular weight is 255 g/mol. The van der Waals surface area contributed by atoms with Gasteiger partial charge in [-0.15, -0.1) is 0 Å². The standard InChI is InChI=1S/C14H29N3O/c1-5-12(2)15-10-13(18)16-11-14(17(3)4)8-6-7-9-14/h12,15H,5-11H2,1-4H3,(H,16,18). The van der Waals surface area contributed by atoms with Gasteiger partial charge in [0.05, 0.1) is 6.54 Å². The molecule has 1 aliphatic carbocycles. The molecule has 18 heavy (non-hydrogen) atoms. The number of hydrogen-bond acceptors (Lipinski definition) is 3. The molecule has 0 heterocycles. The average Bonchev–Trinajstić information content (AvgIpc) is 2.83. The fraction of sp³-hybridized carbons (Fsp3) is 0.929. The maximum Gasteiger partial charge on any atom is 0.234 e. The van der Waals surface area contributed by atoms with E-state index in [0.717, 1.165) is 13.0 Å². The molecule has 0 saturated heterocycles. The summed E-state index contributed by atoms with van der Waals surface area (Å²) in [5, 5.41) is 6.31. The topological polar surface area (TPSA) is 44.4 Å². The van der Waals surface area contributed by atoms with Crippen LogP contribution in [0.5, 0.6) is 0 Å². The normalized spacial score (nSPS) is 20.1. The van der Waals surface area contributed by atoms with Crippen LogP contribution in [0.2, 0.25) is 0 Å². The highest BCUT2D eigenvalue weighted by atomic mass is 16.1. The molecule has 1 unspecified atom stereocenters. The SMILES string of the molecule is CCC(C)NCC(=O)NCC1(N(C)C)CCCC1. The van der Waals surface area contributed by atoms with E-state index in [4.69, 9.17) is 0 Å². The first-order valence-electron chi connectivity index (χ1n) is 7.17. The molecule has 0 aromatic rings. The minimum Gasteiger partial charge on any atom is -0.353 e. The van der Waals surface area contributed by atoms with E-state index in [1.165, 1.54) is 25.7 Å². The predicted molar refractivity (Wildman–Crippen MR) is 75.7 cm³/mol. The van der Waals surface area contributed by atoms with Gasteiger partial charge in [-0.1, -0.05) is 19.8 Å². The summed E-state index contributed by atoms with van der Waals surface area (Å²) in [7, 11) is 4.24. The van der Waals surface area contributed by atoms with Crippen LogP contribution in [-0.2, 0) is 4.79 Å². The van der Waals surface area contributed by atoms with E-state index in [1.54, 1.807) is 0 Å². The predicted octanol–water partition coefficient (Wildman–Crippen LogP) is 1.37. The van der Waals surface area contributed by atoms with Crippen LogP contribution in [0.4, 0.5) is 0 Å². The Bertz CT molecular complexity index is 260. The van der Waals surface area contributed by atoms with Crippen LogP contribution in [0, 0.1) is 0 Å². The molecule has 1 atom stereocenters. The van der Waals surface area contributed by atoms with Gasteiger partial charge in [0.1, 0.15) is 0 Å². The fourth-order valence-corrected chi connectivity index (χ4v) is 2.55. The van der Waals surface area contributed by atoms with Gasteiger partial charge in [0.15, 0.2) is 0 Å². The van der Waals surface area contributed by atoms with E-state index < -0.39 is 0 Å². The lowest BCUT2D eigenvalue weighted by Gasteiger charge is -2.36. The summed E-state index contributed by atoms with van der Waals surface area (Å²) < 4.78 is 0. The number of hydrogen-bond donors (Lipinski definition) is 2. The highest BCUT2D eigenvalue weighted by molar-refractivity contribution is 5.78. The first kappa shape index (κ1) is 15.4. The Balaban J connectivity index is 2.32. The van der Waals surface area contributed by atoms with Gasteiger partial charge in [0, 0.05) is 18.1 Å². The van der Waals surface area contributed by atoms with Crippen LogP contribution < -0.4 is 10.6 Å². The second kappa shape index (κ2) is 7.10. The molecule has 1 rings (SSSR count). The third-order valence-corrected chi connectivity index (χ3v) is 4.32. The Morgan fingerprint density at radius 1 is 1.33 bits per heavy atom. The number of nitrogens with zero attached hydrogens (tertiary/aromatic N) is 1. The third-order valence-electron chi connectivity index (χ3n) is 4.32. The molecule has 0 aromatic heterocycles. The summed E-state index contributed by atoms with van der Waals surface area (Å²) in [6.07, 6.45) is 5.99. The molecule has 106 valence electrons. The maximum atomic E-state index is 11.8. The summed E-state index contributed by atoms with van der Waals surface area (Å²) >= 11 is 0.